The molecule has 0 atom stereocenters. The van der Waals surface area contributed by atoms with Crippen LogP contribution in [0.3, 0.4) is 0 Å². The quantitative estimate of drug-likeness (QED) is 0.722. The van der Waals surface area contributed by atoms with Crippen molar-refractivity contribution in [1.82, 2.24) is 30.2 Å². The smallest absolute Gasteiger partial charge is 0.314 e. The van der Waals surface area contributed by atoms with Gasteiger partial charge in [-0.15, -0.1) is 5.10 Å². The number of pyridine rings is 1. The van der Waals surface area contributed by atoms with E-state index in [9.17, 15) is 9.59 Å². The first-order valence-corrected chi connectivity index (χ1v) is 7.60. The Hall–Kier alpha value is -3.16. The van der Waals surface area contributed by atoms with Crippen molar-refractivity contribution in [2.24, 2.45) is 0 Å². The van der Waals surface area contributed by atoms with E-state index in [0.29, 0.717) is 30.7 Å². The number of nitrogens with zero attached hydrogens (tertiary/aromatic N) is 4. The number of aromatic nitrogens is 4. The van der Waals surface area contributed by atoms with Crippen LogP contribution in [0.25, 0.3) is 10.8 Å². The second-order valence-corrected chi connectivity index (χ2v) is 5.31. The molecule has 0 aliphatic rings. The summed E-state index contributed by atoms with van der Waals surface area (Å²) in [6.07, 6.45) is 3.54. The molecule has 0 aliphatic carbocycles. The number of amides is 2. The number of hydrogen-bond donors (Lipinski definition) is 2. The van der Waals surface area contributed by atoms with E-state index in [1.807, 2.05) is 30.3 Å². The first kappa shape index (κ1) is 15.7. The molecule has 8 heteroatoms. The SMILES string of the molecule is CNC(=O)NCc1cn(CCn2ccc3ccccc3c2=O)nn1. The number of hydrogen-bond acceptors (Lipinski definition) is 4. The Morgan fingerprint density at radius 2 is 2.04 bits per heavy atom. The molecule has 1 aromatic carbocycles. The van der Waals surface area contributed by atoms with E-state index in [1.165, 1.54) is 0 Å². The molecule has 0 spiro atoms. The number of nitrogens with one attached hydrogen (secondary N) is 2. The molecule has 0 radical (unpaired) electrons. The molecule has 0 unspecified atom stereocenters. The summed E-state index contributed by atoms with van der Waals surface area (Å²) in [5, 5.41) is 14.7. The average Bonchev–Trinajstić information content (AvgIpc) is 3.07. The predicted octanol–water partition coefficient (Wildman–Crippen LogP) is 0.722. The summed E-state index contributed by atoms with van der Waals surface area (Å²) in [6.45, 7) is 1.32. The Bertz CT molecular complexity index is 914. The maximum Gasteiger partial charge on any atom is 0.314 e. The lowest BCUT2D eigenvalue weighted by atomic mass is 10.2. The lowest BCUT2D eigenvalue weighted by molar-refractivity contribution is 0.242. The fourth-order valence-corrected chi connectivity index (χ4v) is 2.40. The van der Waals surface area contributed by atoms with Crippen molar-refractivity contribution in [1.29, 1.82) is 0 Å². The van der Waals surface area contributed by atoms with E-state index in [0.717, 1.165) is 5.39 Å². The third-order valence-corrected chi connectivity index (χ3v) is 3.70. The number of carbonyl (C=O) groups is 1. The Morgan fingerprint density at radius 3 is 2.88 bits per heavy atom. The molecular weight excluding hydrogens is 308 g/mol. The van der Waals surface area contributed by atoms with Crippen molar-refractivity contribution in [3.8, 4) is 0 Å². The van der Waals surface area contributed by atoms with Gasteiger partial charge in [0.1, 0.15) is 5.69 Å². The fraction of sp³-hybridized carbons (Fsp3) is 0.250. The summed E-state index contributed by atoms with van der Waals surface area (Å²) in [6, 6.07) is 9.17. The number of fused-ring (bicyclic) bond motifs is 1. The minimum atomic E-state index is -0.271. The van der Waals surface area contributed by atoms with Gasteiger partial charge in [-0.1, -0.05) is 23.4 Å². The highest BCUT2D eigenvalue weighted by Gasteiger charge is 2.05. The maximum atomic E-state index is 12.4. The van der Waals surface area contributed by atoms with Crippen LogP contribution in [0.5, 0.6) is 0 Å². The molecule has 3 aromatic rings. The highest BCUT2D eigenvalue weighted by Crippen LogP contribution is 2.08. The summed E-state index contributed by atoms with van der Waals surface area (Å²) in [7, 11) is 1.55. The van der Waals surface area contributed by atoms with Gasteiger partial charge in [-0.2, -0.15) is 0 Å². The number of benzene rings is 1. The highest BCUT2D eigenvalue weighted by atomic mass is 16.2. The number of aryl methyl sites for hydroxylation is 2. The van der Waals surface area contributed by atoms with Crippen molar-refractivity contribution < 1.29 is 4.79 Å². The number of urea groups is 1. The molecule has 2 heterocycles. The Kier molecular flexibility index (Phi) is 4.55. The molecular formula is C16H18N6O2. The van der Waals surface area contributed by atoms with Gasteiger partial charge in [0.2, 0.25) is 0 Å². The molecule has 3 rings (SSSR count). The van der Waals surface area contributed by atoms with Gasteiger partial charge < -0.3 is 15.2 Å². The Labute approximate surface area is 138 Å². The molecule has 2 amide bonds. The van der Waals surface area contributed by atoms with Crippen LogP contribution in [-0.2, 0) is 19.6 Å². The number of carbonyl (C=O) groups excluding carboxylic acids is 1. The third-order valence-electron chi connectivity index (χ3n) is 3.70. The van der Waals surface area contributed by atoms with Gasteiger partial charge in [0.25, 0.3) is 5.56 Å². The zero-order valence-corrected chi connectivity index (χ0v) is 13.3. The monoisotopic (exact) mass is 326 g/mol. The van der Waals surface area contributed by atoms with Crippen molar-refractivity contribution in [3.05, 3.63) is 58.8 Å². The third kappa shape index (κ3) is 3.43. The van der Waals surface area contributed by atoms with Gasteiger partial charge in [-0.25, -0.2) is 4.79 Å². The van der Waals surface area contributed by atoms with E-state index in [1.54, 1.807) is 28.7 Å². The Balaban J connectivity index is 1.66. The van der Waals surface area contributed by atoms with Crippen LogP contribution in [0.2, 0.25) is 0 Å². The zero-order chi connectivity index (χ0) is 16.9. The Morgan fingerprint density at radius 1 is 1.21 bits per heavy atom. The van der Waals surface area contributed by atoms with Crippen LogP contribution in [-0.4, -0.2) is 32.6 Å². The summed E-state index contributed by atoms with van der Waals surface area (Å²) < 4.78 is 3.31. The molecule has 24 heavy (non-hydrogen) atoms. The number of rotatable bonds is 5. The van der Waals surface area contributed by atoms with Crippen LogP contribution in [0.4, 0.5) is 4.79 Å². The van der Waals surface area contributed by atoms with Crippen LogP contribution in [0, 0.1) is 0 Å². The van der Waals surface area contributed by atoms with Crippen LogP contribution in [0.1, 0.15) is 5.69 Å². The lowest BCUT2D eigenvalue weighted by Crippen LogP contribution is -2.32. The van der Waals surface area contributed by atoms with Gasteiger partial charge in [0.15, 0.2) is 0 Å². The lowest BCUT2D eigenvalue weighted by Gasteiger charge is -2.07. The van der Waals surface area contributed by atoms with Crippen molar-refractivity contribution in [2.75, 3.05) is 7.05 Å². The van der Waals surface area contributed by atoms with E-state index in [4.69, 9.17) is 0 Å². The first-order valence-electron chi connectivity index (χ1n) is 7.60. The average molecular weight is 326 g/mol. The molecule has 0 fully saturated rings. The second kappa shape index (κ2) is 6.95. The maximum absolute atomic E-state index is 12.4. The summed E-state index contributed by atoms with van der Waals surface area (Å²) in [5.41, 5.74) is 0.638. The molecule has 0 saturated carbocycles. The van der Waals surface area contributed by atoms with E-state index >= 15 is 0 Å². The zero-order valence-electron chi connectivity index (χ0n) is 13.3. The molecule has 2 N–H and O–H groups in total. The molecule has 0 saturated heterocycles. The summed E-state index contributed by atoms with van der Waals surface area (Å²) >= 11 is 0. The molecule has 8 nitrogen and oxygen atoms in total. The fourth-order valence-electron chi connectivity index (χ4n) is 2.40. The van der Waals surface area contributed by atoms with Gasteiger partial charge in [-0.05, 0) is 17.5 Å². The van der Waals surface area contributed by atoms with E-state index < -0.39 is 0 Å². The van der Waals surface area contributed by atoms with Crippen molar-refractivity contribution in [2.45, 2.75) is 19.6 Å². The van der Waals surface area contributed by atoms with E-state index in [-0.39, 0.29) is 11.6 Å². The molecule has 2 aromatic heterocycles. The standard InChI is InChI=1S/C16H18N6O2/c1-17-16(24)18-10-13-11-22(20-19-13)9-8-21-7-6-12-4-2-3-5-14(12)15(21)23/h2-7,11H,8-10H2,1H3,(H2,17,18,24). The van der Waals surface area contributed by atoms with Crippen LogP contribution in [0.15, 0.2) is 47.5 Å². The van der Waals surface area contributed by atoms with E-state index in [2.05, 4.69) is 20.9 Å². The topological polar surface area (TPSA) is 93.8 Å². The van der Waals surface area contributed by atoms with Gasteiger partial charge in [-0.3, -0.25) is 9.48 Å². The summed E-state index contributed by atoms with van der Waals surface area (Å²) in [5.74, 6) is 0. The molecule has 0 aliphatic heterocycles. The summed E-state index contributed by atoms with van der Waals surface area (Å²) in [4.78, 5) is 23.6. The molecule has 0 bridgehead atoms. The van der Waals surface area contributed by atoms with Crippen molar-refractivity contribution >= 4 is 16.8 Å². The van der Waals surface area contributed by atoms with Gasteiger partial charge in [0, 0.05) is 25.2 Å². The highest BCUT2D eigenvalue weighted by molar-refractivity contribution is 5.81. The van der Waals surface area contributed by atoms with Gasteiger partial charge >= 0.3 is 6.03 Å². The second-order valence-electron chi connectivity index (χ2n) is 5.31. The molecule has 124 valence electrons. The minimum absolute atomic E-state index is 0.0188. The minimum Gasteiger partial charge on any atom is -0.341 e. The predicted molar refractivity (Wildman–Crippen MR) is 89.5 cm³/mol. The van der Waals surface area contributed by atoms with Crippen LogP contribution >= 0.6 is 0 Å². The normalized spacial score (nSPS) is 10.7. The first-order chi connectivity index (χ1) is 11.7. The van der Waals surface area contributed by atoms with Gasteiger partial charge in [0.05, 0.1) is 19.3 Å². The largest absolute Gasteiger partial charge is 0.341 e. The van der Waals surface area contributed by atoms with Crippen molar-refractivity contribution in [3.63, 3.8) is 0 Å². The van der Waals surface area contributed by atoms with Crippen LogP contribution < -0.4 is 16.2 Å².